The summed E-state index contributed by atoms with van der Waals surface area (Å²) in [6.07, 6.45) is 3.41. The van der Waals surface area contributed by atoms with E-state index in [1.54, 1.807) is 17.1 Å². The van der Waals surface area contributed by atoms with Crippen molar-refractivity contribution in [3.63, 3.8) is 0 Å². The first kappa shape index (κ1) is 16.0. The van der Waals surface area contributed by atoms with Crippen LogP contribution in [0.25, 0.3) is 5.69 Å². The lowest BCUT2D eigenvalue weighted by Gasteiger charge is -2.26. The van der Waals surface area contributed by atoms with E-state index in [4.69, 9.17) is 0 Å². The number of nitrogens with zero attached hydrogens (tertiary/aromatic N) is 3. The highest BCUT2D eigenvalue weighted by Crippen LogP contribution is 2.16. The van der Waals surface area contributed by atoms with Gasteiger partial charge in [0.25, 0.3) is 5.91 Å². The van der Waals surface area contributed by atoms with Gasteiger partial charge in [-0.25, -0.2) is 4.68 Å². The molecule has 2 heterocycles. The van der Waals surface area contributed by atoms with Crippen LogP contribution < -0.4 is 5.32 Å². The van der Waals surface area contributed by atoms with Crippen LogP contribution in [0.5, 0.6) is 0 Å². The maximum atomic E-state index is 12.3. The lowest BCUT2D eigenvalue weighted by molar-refractivity contribution is 0.0736. The number of piperazine rings is 1. The molecule has 1 aromatic carbocycles. The molecule has 7 heteroatoms. The smallest absolute Gasteiger partial charge is 0.257 e. The van der Waals surface area contributed by atoms with Crippen LogP contribution in [0, 0.1) is 0 Å². The van der Waals surface area contributed by atoms with Gasteiger partial charge < -0.3 is 10.2 Å². The van der Waals surface area contributed by atoms with Crippen molar-refractivity contribution in [2.45, 2.75) is 0 Å². The molecule has 112 valence electrons. The Balaban J connectivity index is 0.00000161. The van der Waals surface area contributed by atoms with Crippen LogP contribution in [0.15, 0.2) is 41.1 Å². The first-order chi connectivity index (χ1) is 9.74. The van der Waals surface area contributed by atoms with Crippen LogP contribution in [0.2, 0.25) is 0 Å². The maximum Gasteiger partial charge on any atom is 0.257 e. The van der Waals surface area contributed by atoms with Gasteiger partial charge in [0.05, 0.1) is 17.4 Å². The average molecular weight is 372 g/mol. The molecular weight excluding hydrogens is 356 g/mol. The second-order valence-electron chi connectivity index (χ2n) is 4.70. The summed E-state index contributed by atoms with van der Waals surface area (Å²) in [5.74, 6) is 0.0488. The van der Waals surface area contributed by atoms with E-state index in [0.29, 0.717) is 5.56 Å². The number of halogens is 2. The van der Waals surface area contributed by atoms with Crippen LogP contribution in [0.4, 0.5) is 0 Å². The number of rotatable bonds is 2. The quantitative estimate of drug-likeness (QED) is 0.879. The van der Waals surface area contributed by atoms with Gasteiger partial charge in [-0.05, 0) is 18.2 Å². The van der Waals surface area contributed by atoms with Gasteiger partial charge in [-0.2, -0.15) is 5.10 Å². The van der Waals surface area contributed by atoms with Crippen molar-refractivity contribution in [1.82, 2.24) is 20.0 Å². The topological polar surface area (TPSA) is 50.2 Å². The van der Waals surface area contributed by atoms with E-state index in [1.807, 2.05) is 29.2 Å². The average Bonchev–Trinajstić information content (AvgIpc) is 2.97. The first-order valence-electron chi connectivity index (χ1n) is 6.54. The second-order valence-corrected chi connectivity index (χ2v) is 5.61. The minimum atomic E-state index is 0. The van der Waals surface area contributed by atoms with E-state index in [9.17, 15) is 4.79 Å². The fraction of sp³-hybridized carbons (Fsp3) is 0.286. The van der Waals surface area contributed by atoms with Crippen molar-refractivity contribution in [3.05, 3.63) is 46.7 Å². The highest BCUT2D eigenvalue weighted by molar-refractivity contribution is 9.10. The van der Waals surface area contributed by atoms with Crippen molar-refractivity contribution in [3.8, 4) is 5.69 Å². The summed E-state index contributed by atoms with van der Waals surface area (Å²) >= 11 is 3.43. The number of hydrogen-bond acceptors (Lipinski definition) is 3. The largest absolute Gasteiger partial charge is 0.336 e. The Hall–Kier alpha value is -1.37. The third-order valence-electron chi connectivity index (χ3n) is 3.31. The SMILES string of the molecule is Cl.O=C(c1cnn(-c2cccc(Br)c2)c1)N1CCNCC1. The number of nitrogens with one attached hydrogen (secondary N) is 1. The van der Waals surface area contributed by atoms with Crippen molar-refractivity contribution in [1.29, 1.82) is 0 Å². The van der Waals surface area contributed by atoms with Crippen LogP contribution >= 0.6 is 28.3 Å². The normalized spacial score (nSPS) is 14.6. The molecule has 3 rings (SSSR count). The highest BCUT2D eigenvalue weighted by Gasteiger charge is 2.19. The molecule has 0 unspecified atom stereocenters. The predicted molar refractivity (Wildman–Crippen MR) is 87.3 cm³/mol. The standard InChI is InChI=1S/C14H15BrN4O.ClH/c15-12-2-1-3-13(8-12)19-10-11(9-17-19)14(20)18-6-4-16-5-7-18;/h1-3,8-10,16H,4-7H2;1H. The van der Waals surface area contributed by atoms with E-state index in [-0.39, 0.29) is 18.3 Å². The number of aromatic nitrogens is 2. The molecule has 1 aromatic heterocycles. The van der Waals surface area contributed by atoms with Crippen LogP contribution in [0.1, 0.15) is 10.4 Å². The summed E-state index contributed by atoms with van der Waals surface area (Å²) in [4.78, 5) is 14.2. The molecule has 21 heavy (non-hydrogen) atoms. The molecular formula is C14H16BrClN4O. The number of hydrogen-bond donors (Lipinski definition) is 1. The molecule has 1 amide bonds. The Morgan fingerprint density at radius 1 is 1.29 bits per heavy atom. The van der Waals surface area contributed by atoms with Gasteiger partial charge in [-0.1, -0.05) is 22.0 Å². The van der Waals surface area contributed by atoms with Gasteiger partial charge in [0.2, 0.25) is 0 Å². The summed E-state index contributed by atoms with van der Waals surface area (Å²) in [5.41, 5.74) is 1.56. The predicted octanol–water partition coefficient (Wildman–Crippen LogP) is 2.10. The molecule has 0 spiro atoms. The van der Waals surface area contributed by atoms with Gasteiger partial charge in [-0.15, -0.1) is 12.4 Å². The van der Waals surface area contributed by atoms with E-state index in [2.05, 4.69) is 26.3 Å². The summed E-state index contributed by atoms with van der Waals surface area (Å²) in [5, 5.41) is 7.51. The number of benzene rings is 1. The van der Waals surface area contributed by atoms with Gasteiger partial charge >= 0.3 is 0 Å². The van der Waals surface area contributed by atoms with Crippen molar-refractivity contribution < 1.29 is 4.79 Å². The third kappa shape index (κ3) is 3.64. The molecule has 0 aliphatic carbocycles. The molecule has 0 atom stereocenters. The van der Waals surface area contributed by atoms with Gasteiger partial charge in [0, 0.05) is 36.8 Å². The fourth-order valence-corrected chi connectivity index (χ4v) is 2.63. The zero-order valence-corrected chi connectivity index (χ0v) is 13.7. The minimum Gasteiger partial charge on any atom is -0.336 e. The van der Waals surface area contributed by atoms with Crippen molar-refractivity contribution in [2.75, 3.05) is 26.2 Å². The molecule has 0 radical (unpaired) electrons. The summed E-state index contributed by atoms with van der Waals surface area (Å²) in [6.45, 7) is 3.21. The van der Waals surface area contributed by atoms with Crippen LogP contribution in [0.3, 0.4) is 0 Å². The summed E-state index contributed by atoms with van der Waals surface area (Å²) < 4.78 is 2.71. The van der Waals surface area contributed by atoms with Crippen molar-refractivity contribution >= 4 is 34.2 Å². The zero-order chi connectivity index (χ0) is 13.9. The fourth-order valence-electron chi connectivity index (χ4n) is 2.24. The maximum absolute atomic E-state index is 12.3. The molecule has 2 aromatic rings. The summed E-state index contributed by atoms with van der Waals surface area (Å²) in [7, 11) is 0. The monoisotopic (exact) mass is 370 g/mol. The Bertz CT molecular complexity index is 625. The van der Waals surface area contributed by atoms with Gasteiger partial charge in [-0.3, -0.25) is 4.79 Å². The lowest BCUT2D eigenvalue weighted by Crippen LogP contribution is -2.46. The zero-order valence-electron chi connectivity index (χ0n) is 11.3. The lowest BCUT2D eigenvalue weighted by atomic mass is 10.2. The van der Waals surface area contributed by atoms with E-state index >= 15 is 0 Å². The third-order valence-corrected chi connectivity index (χ3v) is 3.80. The van der Waals surface area contributed by atoms with E-state index in [0.717, 1.165) is 36.3 Å². The molecule has 0 bridgehead atoms. The number of carbonyl (C=O) groups is 1. The molecule has 1 aliphatic rings. The molecule has 1 aliphatic heterocycles. The summed E-state index contributed by atoms with van der Waals surface area (Å²) in [6, 6.07) is 7.82. The second kappa shape index (κ2) is 7.06. The Kier molecular flexibility index (Phi) is 5.39. The van der Waals surface area contributed by atoms with E-state index < -0.39 is 0 Å². The van der Waals surface area contributed by atoms with Gasteiger partial charge in [0.1, 0.15) is 0 Å². The molecule has 5 nitrogen and oxygen atoms in total. The van der Waals surface area contributed by atoms with Gasteiger partial charge in [0.15, 0.2) is 0 Å². The molecule has 1 saturated heterocycles. The number of carbonyl (C=O) groups excluding carboxylic acids is 1. The highest BCUT2D eigenvalue weighted by atomic mass is 79.9. The van der Waals surface area contributed by atoms with Crippen LogP contribution in [-0.2, 0) is 0 Å². The Morgan fingerprint density at radius 3 is 2.76 bits per heavy atom. The van der Waals surface area contributed by atoms with Crippen LogP contribution in [-0.4, -0.2) is 46.8 Å². The Morgan fingerprint density at radius 2 is 2.05 bits per heavy atom. The number of amides is 1. The molecule has 0 saturated carbocycles. The van der Waals surface area contributed by atoms with Crippen molar-refractivity contribution in [2.24, 2.45) is 0 Å². The molecule has 1 N–H and O–H groups in total. The minimum absolute atomic E-state index is 0. The first-order valence-corrected chi connectivity index (χ1v) is 7.34. The van der Waals surface area contributed by atoms with E-state index in [1.165, 1.54) is 0 Å². The Labute approximate surface area is 137 Å². The molecule has 1 fully saturated rings.